The van der Waals surface area contributed by atoms with Crippen molar-refractivity contribution in [1.82, 2.24) is 15.0 Å². The second-order valence-electron chi connectivity index (χ2n) is 4.07. The Morgan fingerprint density at radius 3 is 2.62 bits per heavy atom. The average molecular weight is 183 g/mol. The summed E-state index contributed by atoms with van der Waals surface area (Å²) in [6.45, 7) is 6.99. The maximum absolute atomic E-state index is 4.96. The molecule has 0 radical (unpaired) electrons. The van der Waals surface area contributed by atoms with E-state index in [9.17, 15) is 0 Å². The number of methoxy groups -OCH3 is 1. The Kier molecular flexibility index (Phi) is 3.03. The van der Waals surface area contributed by atoms with Gasteiger partial charge in [-0.05, 0) is 20.8 Å². The van der Waals surface area contributed by atoms with Crippen LogP contribution in [0.15, 0.2) is 6.20 Å². The number of aromatic nitrogens is 3. The fraction of sp³-hybridized carbons (Fsp3) is 0.778. The molecular formula is C9H17N3O. The van der Waals surface area contributed by atoms with E-state index < -0.39 is 0 Å². The molecular weight excluding hydrogens is 166 g/mol. The molecule has 1 rings (SSSR count). The molecule has 1 heterocycles. The van der Waals surface area contributed by atoms with Crippen LogP contribution in [0.4, 0.5) is 0 Å². The van der Waals surface area contributed by atoms with Gasteiger partial charge in [-0.3, -0.25) is 0 Å². The van der Waals surface area contributed by atoms with Gasteiger partial charge >= 0.3 is 0 Å². The lowest BCUT2D eigenvalue weighted by molar-refractivity contribution is 0.201. The Morgan fingerprint density at radius 2 is 2.15 bits per heavy atom. The molecule has 1 aromatic heterocycles. The summed E-state index contributed by atoms with van der Waals surface area (Å²) in [5, 5.41) is 8.10. The Morgan fingerprint density at radius 1 is 1.46 bits per heavy atom. The summed E-state index contributed by atoms with van der Waals surface area (Å²) in [5.41, 5.74) is 0.995. The van der Waals surface area contributed by atoms with Crippen molar-refractivity contribution in [1.29, 1.82) is 0 Å². The summed E-state index contributed by atoms with van der Waals surface area (Å²) in [5.74, 6) is 0. The molecule has 4 heteroatoms. The molecule has 74 valence electrons. The van der Waals surface area contributed by atoms with E-state index in [1.54, 1.807) is 7.11 Å². The lowest BCUT2D eigenvalue weighted by atomic mass is 10.1. The Hall–Kier alpha value is -0.900. The van der Waals surface area contributed by atoms with Crippen molar-refractivity contribution in [2.45, 2.75) is 32.7 Å². The predicted molar refractivity (Wildman–Crippen MR) is 50.6 cm³/mol. The van der Waals surface area contributed by atoms with Crippen LogP contribution >= 0.6 is 0 Å². The first-order valence-corrected chi connectivity index (χ1v) is 4.44. The molecule has 0 fully saturated rings. The maximum Gasteiger partial charge on any atom is 0.0850 e. The quantitative estimate of drug-likeness (QED) is 0.707. The molecule has 0 saturated heterocycles. The van der Waals surface area contributed by atoms with Gasteiger partial charge in [-0.1, -0.05) is 5.21 Å². The fourth-order valence-electron chi connectivity index (χ4n) is 0.947. The molecule has 13 heavy (non-hydrogen) atoms. The molecule has 0 aliphatic rings. The smallest absolute Gasteiger partial charge is 0.0850 e. The molecule has 0 atom stereocenters. The minimum Gasteiger partial charge on any atom is -0.384 e. The van der Waals surface area contributed by atoms with Gasteiger partial charge in [-0.25, -0.2) is 4.68 Å². The van der Waals surface area contributed by atoms with Gasteiger partial charge in [0.15, 0.2) is 0 Å². The van der Waals surface area contributed by atoms with Crippen LogP contribution in [0.3, 0.4) is 0 Å². The van der Waals surface area contributed by atoms with Crippen molar-refractivity contribution in [3.05, 3.63) is 11.9 Å². The van der Waals surface area contributed by atoms with E-state index in [1.165, 1.54) is 0 Å². The molecule has 4 nitrogen and oxygen atoms in total. The Bertz CT molecular complexity index is 262. The lowest BCUT2D eigenvalue weighted by Crippen LogP contribution is -2.22. The zero-order chi connectivity index (χ0) is 9.90. The second-order valence-corrected chi connectivity index (χ2v) is 4.07. The first kappa shape index (κ1) is 10.2. The summed E-state index contributed by atoms with van der Waals surface area (Å²) in [4.78, 5) is 0. The van der Waals surface area contributed by atoms with E-state index in [1.807, 2.05) is 10.9 Å². The topological polar surface area (TPSA) is 39.9 Å². The molecule has 0 amide bonds. The van der Waals surface area contributed by atoms with Crippen LogP contribution in [0.25, 0.3) is 0 Å². The molecule has 0 N–H and O–H groups in total. The third-order valence-corrected chi connectivity index (χ3v) is 1.79. The van der Waals surface area contributed by atoms with Gasteiger partial charge in [0.2, 0.25) is 0 Å². The first-order valence-electron chi connectivity index (χ1n) is 4.44. The lowest BCUT2D eigenvalue weighted by Gasteiger charge is -2.17. The standard InChI is InChI=1S/C9H17N3O/c1-9(2,3)12-7-8(10-11-12)5-6-13-4/h7H,5-6H2,1-4H3. The predicted octanol–water partition coefficient (Wildman–Crippen LogP) is 1.22. The maximum atomic E-state index is 4.96. The summed E-state index contributed by atoms with van der Waals surface area (Å²) in [6.07, 6.45) is 2.80. The van der Waals surface area contributed by atoms with E-state index >= 15 is 0 Å². The monoisotopic (exact) mass is 183 g/mol. The van der Waals surface area contributed by atoms with Crippen LogP contribution < -0.4 is 0 Å². The molecule has 0 aliphatic heterocycles. The molecule has 0 unspecified atom stereocenters. The Balaban J connectivity index is 2.64. The summed E-state index contributed by atoms with van der Waals surface area (Å²) < 4.78 is 6.84. The van der Waals surface area contributed by atoms with Crippen LogP contribution in [-0.2, 0) is 16.7 Å². The molecule has 0 spiro atoms. The molecule has 0 bridgehead atoms. The van der Waals surface area contributed by atoms with Crippen LogP contribution in [0.2, 0.25) is 0 Å². The third kappa shape index (κ3) is 2.81. The number of nitrogens with zero attached hydrogens (tertiary/aromatic N) is 3. The minimum absolute atomic E-state index is 0.0122. The van der Waals surface area contributed by atoms with Gasteiger partial charge in [0, 0.05) is 19.7 Å². The fourth-order valence-corrected chi connectivity index (χ4v) is 0.947. The van der Waals surface area contributed by atoms with Gasteiger partial charge in [0.05, 0.1) is 17.8 Å². The van der Waals surface area contributed by atoms with E-state index in [0.717, 1.165) is 12.1 Å². The summed E-state index contributed by atoms with van der Waals surface area (Å²) in [7, 11) is 1.69. The van der Waals surface area contributed by atoms with Gasteiger partial charge in [0.1, 0.15) is 0 Å². The summed E-state index contributed by atoms with van der Waals surface area (Å²) >= 11 is 0. The first-order chi connectivity index (χ1) is 6.04. The summed E-state index contributed by atoms with van der Waals surface area (Å²) in [6, 6.07) is 0. The van der Waals surface area contributed by atoms with Crippen molar-refractivity contribution in [2.75, 3.05) is 13.7 Å². The van der Waals surface area contributed by atoms with Crippen molar-refractivity contribution in [3.63, 3.8) is 0 Å². The number of rotatable bonds is 3. The van der Waals surface area contributed by atoms with E-state index in [4.69, 9.17) is 4.74 Å². The number of hydrogen-bond donors (Lipinski definition) is 0. The van der Waals surface area contributed by atoms with Crippen LogP contribution in [-0.4, -0.2) is 28.7 Å². The van der Waals surface area contributed by atoms with Gasteiger partial charge in [0.25, 0.3) is 0 Å². The highest BCUT2D eigenvalue weighted by molar-refractivity contribution is 4.94. The molecule has 0 aliphatic carbocycles. The highest BCUT2D eigenvalue weighted by Crippen LogP contribution is 2.11. The van der Waals surface area contributed by atoms with Crippen LogP contribution in [0.5, 0.6) is 0 Å². The van der Waals surface area contributed by atoms with Crippen LogP contribution in [0, 0.1) is 0 Å². The minimum atomic E-state index is 0.0122. The molecule has 0 aromatic carbocycles. The third-order valence-electron chi connectivity index (χ3n) is 1.79. The largest absolute Gasteiger partial charge is 0.384 e. The van der Waals surface area contributed by atoms with E-state index in [-0.39, 0.29) is 5.54 Å². The van der Waals surface area contributed by atoms with Gasteiger partial charge < -0.3 is 4.74 Å². The normalized spacial score (nSPS) is 12.0. The average Bonchev–Trinajstić information content (AvgIpc) is 2.47. The zero-order valence-electron chi connectivity index (χ0n) is 8.74. The van der Waals surface area contributed by atoms with Crippen molar-refractivity contribution < 1.29 is 4.74 Å². The van der Waals surface area contributed by atoms with Gasteiger partial charge in [-0.2, -0.15) is 0 Å². The number of ether oxygens (including phenoxy) is 1. The van der Waals surface area contributed by atoms with Crippen LogP contribution in [0.1, 0.15) is 26.5 Å². The van der Waals surface area contributed by atoms with Crippen molar-refractivity contribution in [2.24, 2.45) is 0 Å². The second kappa shape index (κ2) is 3.87. The highest BCUT2D eigenvalue weighted by Gasteiger charge is 2.14. The zero-order valence-corrected chi connectivity index (χ0v) is 8.74. The van der Waals surface area contributed by atoms with E-state index in [0.29, 0.717) is 6.61 Å². The molecule has 1 aromatic rings. The SMILES string of the molecule is COCCc1cn(C(C)(C)C)nn1. The highest BCUT2D eigenvalue weighted by atomic mass is 16.5. The van der Waals surface area contributed by atoms with Crippen molar-refractivity contribution >= 4 is 0 Å². The van der Waals surface area contributed by atoms with E-state index in [2.05, 4.69) is 31.1 Å². The Labute approximate surface area is 78.9 Å². The molecule has 0 saturated carbocycles. The van der Waals surface area contributed by atoms with Crippen molar-refractivity contribution in [3.8, 4) is 0 Å². The van der Waals surface area contributed by atoms with Gasteiger partial charge in [-0.15, -0.1) is 5.10 Å². The number of hydrogen-bond acceptors (Lipinski definition) is 3.